The summed E-state index contributed by atoms with van der Waals surface area (Å²) in [4.78, 5) is 23.4. The van der Waals surface area contributed by atoms with Gasteiger partial charge < -0.3 is 15.4 Å². The van der Waals surface area contributed by atoms with E-state index in [0.717, 1.165) is 11.3 Å². The first-order valence-corrected chi connectivity index (χ1v) is 7.12. The Morgan fingerprint density at radius 3 is 2.26 bits per heavy atom. The molecule has 0 fully saturated rings. The van der Waals surface area contributed by atoms with E-state index >= 15 is 0 Å². The zero-order valence-electron chi connectivity index (χ0n) is 12.8. The number of hydrogen-bond acceptors (Lipinski definition) is 3. The van der Waals surface area contributed by atoms with Gasteiger partial charge in [0.15, 0.2) is 0 Å². The van der Waals surface area contributed by atoms with Gasteiger partial charge >= 0.3 is 0 Å². The number of methoxy groups -OCH3 is 1. The van der Waals surface area contributed by atoms with Crippen LogP contribution < -0.4 is 15.4 Å². The van der Waals surface area contributed by atoms with Crippen molar-refractivity contribution < 1.29 is 14.3 Å². The van der Waals surface area contributed by atoms with Gasteiger partial charge in [0.25, 0.3) is 0 Å². The topological polar surface area (TPSA) is 67.4 Å². The Balaban J connectivity index is 1.78. The lowest BCUT2D eigenvalue weighted by molar-refractivity contribution is -0.117. The number of nitrogens with one attached hydrogen (secondary N) is 2. The van der Waals surface area contributed by atoms with Gasteiger partial charge in [-0.25, -0.2) is 0 Å². The van der Waals surface area contributed by atoms with E-state index < -0.39 is 0 Å². The second-order valence-electron chi connectivity index (χ2n) is 4.75. The first kappa shape index (κ1) is 16.3. The van der Waals surface area contributed by atoms with Gasteiger partial charge in [-0.3, -0.25) is 9.59 Å². The fraction of sp³-hybridized carbons (Fsp3) is 0.111. The maximum absolute atomic E-state index is 11.7. The number of anilines is 1. The molecule has 0 saturated heterocycles. The molecule has 0 aliphatic carbocycles. The van der Waals surface area contributed by atoms with Crippen LogP contribution in [0.3, 0.4) is 0 Å². The molecule has 2 aromatic carbocycles. The molecular formula is C18H18N2O3. The van der Waals surface area contributed by atoms with Crippen LogP contribution in [0.4, 0.5) is 5.69 Å². The molecule has 0 aromatic heterocycles. The summed E-state index contributed by atoms with van der Waals surface area (Å²) in [6, 6.07) is 16.4. The molecule has 118 valence electrons. The molecule has 0 saturated carbocycles. The van der Waals surface area contributed by atoms with Crippen molar-refractivity contribution in [3.05, 3.63) is 72.3 Å². The average Bonchev–Trinajstić information content (AvgIpc) is 2.59. The number of carbonyl (C=O) groups excluding carboxylic acids is 2. The van der Waals surface area contributed by atoms with Crippen LogP contribution in [0.1, 0.15) is 5.56 Å². The Kier molecular flexibility index (Phi) is 5.94. The van der Waals surface area contributed by atoms with E-state index in [0.29, 0.717) is 12.2 Å². The van der Waals surface area contributed by atoms with E-state index in [9.17, 15) is 9.59 Å². The molecule has 0 atom stereocenters. The van der Waals surface area contributed by atoms with Crippen LogP contribution in [0.25, 0.3) is 0 Å². The Labute approximate surface area is 135 Å². The summed E-state index contributed by atoms with van der Waals surface area (Å²) in [5.41, 5.74) is 1.63. The van der Waals surface area contributed by atoms with Crippen molar-refractivity contribution in [2.24, 2.45) is 0 Å². The van der Waals surface area contributed by atoms with Gasteiger partial charge in [-0.05, 0) is 29.8 Å². The van der Waals surface area contributed by atoms with Crippen LogP contribution in [-0.2, 0) is 16.1 Å². The molecule has 5 heteroatoms. The highest BCUT2D eigenvalue weighted by Crippen LogP contribution is 2.10. The molecular weight excluding hydrogens is 292 g/mol. The number of carbonyl (C=O) groups is 2. The van der Waals surface area contributed by atoms with Gasteiger partial charge in [-0.15, -0.1) is 0 Å². The van der Waals surface area contributed by atoms with Crippen molar-refractivity contribution in [3.8, 4) is 5.75 Å². The molecule has 2 rings (SSSR count). The largest absolute Gasteiger partial charge is 0.497 e. The number of amides is 2. The predicted molar refractivity (Wildman–Crippen MR) is 89.1 cm³/mol. The Morgan fingerprint density at radius 2 is 1.61 bits per heavy atom. The smallest absolute Gasteiger partial charge is 0.248 e. The third kappa shape index (κ3) is 5.67. The third-order valence-corrected chi connectivity index (χ3v) is 3.05. The minimum Gasteiger partial charge on any atom is -0.497 e. The van der Waals surface area contributed by atoms with Crippen LogP contribution in [0.15, 0.2) is 66.7 Å². The minimum atomic E-state index is -0.351. The number of ether oxygens (including phenoxy) is 1. The average molecular weight is 310 g/mol. The molecule has 0 heterocycles. The number of para-hydroxylation sites is 1. The maximum atomic E-state index is 11.7. The van der Waals surface area contributed by atoms with E-state index in [-0.39, 0.29) is 11.8 Å². The van der Waals surface area contributed by atoms with Crippen molar-refractivity contribution in [3.63, 3.8) is 0 Å². The predicted octanol–water partition coefficient (Wildman–Crippen LogP) is 2.51. The zero-order valence-corrected chi connectivity index (χ0v) is 12.8. The van der Waals surface area contributed by atoms with Gasteiger partial charge in [-0.2, -0.15) is 0 Å². The summed E-state index contributed by atoms with van der Waals surface area (Å²) in [6.07, 6.45) is 2.41. The Bertz CT molecular complexity index is 679. The summed E-state index contributed by atoms with van der Waals surface area (Å²) in [5.74, 6) is 0.0809. The maximum Gasteiger partial charge on any atom is 0.248 e. The van der Waals surface area contributed by atoms with Crippen LogP contribution in [0, 0.1) is 0 Å². The summed E-state index contributed by atoms with van der Waals surface area (Å²) in [7, 11) is 1.60. The van der Waals surface area contributed by atoms with Crippen molar-refractivity contribution in [1.82, 2.24) is 5.32 Å². The van der Waals surface area contributed by atoms with E-state index in [1.165, 1.54) is 12.2 Å². The van der Waals surface area contributed by atoms with Crippen molar-refractivity contribution in [1.29, 1.82) is 0 Å². The fourth-order valence-electron chi connectivity index (χ4n) is 1.85. The number of hydrogen-bond donors (Lipinski definition) is 2. The highest BCUT2D eigenvalue weighted by Gasteiger charge is 2.00. The molecule has 2 aromatic rings. The standard InChI is InChI=1S/C18H18N2O3/c1-23-16-9-7-14(8-10-16)13-19-17(21)11-12-18(22)20-15-5-3-2-4-6-15/h2-12H,13H2,1H3,(H,19,21)(H,20,22)/b12-11+. The zero-order chi connectivity index (χ0) is 16.5. The van der Waals surface area contributed by atoms with E-state index in [1.54, 1.807) is 19.2 Å². The quantitative estimate of drug-likeness (QED) is 0.806. The lowest BCUT2D eigenvalue weighted by atomic mass is 10.2. The summed E-state index contributed by atoms with van der Waals surface area (Å²) >= 11 is 0. The van der Waals surface area contributed by atoms with Gasteiger partial charge in [0, 0.05) is 24.4 Å². The molecule has 0 aliphatic heterocycles. The van der Waals surface area contributed by atoms with Crippen LogP contribution in [0.5, 0.6) is 5.75 Å². The summed E-state index contributed by atoms with van der Waals surface area (Å²) in [6.45, 7) is 0.382. The van der Waals surface area contributed by atoms with E-state index in [1.807, 2.05) is 42.5 Å². The van der Waals surface area contributed by atoms with Gasteiger partial charge in [-0.1, -0.05) is 30.3 Å². The summed E-state index contributed by atoms with van der Waals surface area (Å²) < 4.78 is 5.07. The molecule has 23 heavy (non-hydrogen) atoms. The fourth-order valence-corrected chi connectivity index (χ4v) is 1.85. The Morgan fingerprint density at radius 1 is 0.957 bits per heavy atom. The van der Waals surface area contributed by atoms with Crippen LogP contribution in [0.2, 0.25) is 0 Å². The van der Waals surface area contributed by atoms with E-state index in [4.69, 9.17) is 4.74 Å². The van der Waals surface area contributed by atoms with Crippen molar-refractivity contribution in [2.75, 3.05) is 12.4 Å². The molecule has 0 aliphatic rings. The highest BCUT2D eigenvalue weighted by atomic mass is 16.5. The Hall–Kier alpha value is -3.08. The molecule has 0 unspecified atom stereocenters. The molecule has 5 nitrogen and oxygen atoms in total. The number of benzene rings is 2. The van der Waals surface area contributed by atoms with E-state index in [2.05, 4.69) is 10.6 Å². The molecule has 2 N–H and O–H groups in total. The monoisotopic (exact) mass is 310 g/mol. The first-order valence-electron chi connectivity index (χ1n) is 7.12. The van der Waals surface area contributed by atoms with Crippen molar-refractivity contribution in [2.45, 2.75) is 6.54 Å². The lowest BCUT2D eigenvalue weighted by Crippen LogP contribution is -2.21. The van der Waals surface area contributed by atoms with Gasteiger partial charge in [0.1, 0.15) is 5.75 Å². The molecule has 0 radical (unpaired) electrons. The van der Waals surface area contributed by atoms with Crippen molar-refractivity contribution >= 4 is 17.5 Å². The highest BCUT2D eigenvalue weighted by molar-refractivity contribution is 6.03. The van der Waals surface area contributed by atoms with Crippen LogP contribution in [-0.4, -0.2) is 18.9 Å². The second kappa shape index (κ2) is 8.38. The molecule has 2 amide bonds. The minimum absolute atomic E-state index is 0.330. The normalized spacial score (nSPS) is 10.3. The first-order chi connectivity index (χ1) is 11.2. The van der Waals surface area contributed by atoms with Gasteiger partial charge in [0.05, 0.1) is 7.11 Å². The SMILES string of the molecule is COc1ccc(CNC(=O)/C=C/C(=O)Nc2ccccc2)cc1. The molecule has 0 spiro atoms. The lowest BCUT2D eigenvalue weighted by Gasteiger charge is -2.04. The summed E-state index contributed by atoms with van der Waals surface area (Å²) in [5, 5.41) is 5.37. The van der Waals surface area contributed by atoms with Crippen LogP contribution >= 0.6 is 0 Å². The molecule has 0 bridgehead atoms. The third-order valence-electron chi connectivity index (χ3n) is 3.05. The van der Waals surface area contributed by atoms with Gasteiger partial charge in [0.2, 0.25) is 11.8 Å². The second-order valence-corrected chi connectivity index (χ2v) is 4.75. The number of rotatable bonds is 6.